The fraction of sp³-hybridized carbons (Fsp3) is 0.250. The summed E-state index contributed by atoms with van der Waals surface area (Å²) >= 11 is 9.07. The lowest BCUT2D eigenvalue weighted by atomic mass is 10.5. The van der Waals surface area contributed by atoms with Gasteiger partial charge >= 0.3 is 5.97 Å². The summed E-state index contributed by atoms with van der Waals surface area (Å²) in [5, 5.41) is 6.58. The number of esters is 1. The Bertz CT molecular complexity index is 495. The van der Waals surface area contributed by atoms with Crippen molar-refractivity contribution in [3.05, 3.63) is 15.3 Å². The lowest BCUT2D eigenvalue weighted by Crippen LogP contribution is -2.06. The van der Waals surface area contributed by atoms with Gasteiger partial charge in [0.05, 0.1) is 11.6 Å². The van der Waals surface area contributed by atoms with E-state index in [-0.39, 0.29) is 21.4 Å². The van der Waals surface area contributed by atoms with Crippen LogP contribution in [0.3, 0.4) is 0 Å². The zero-order valence-electron chi connectivity index (χ0n) is 8.47. The Balaban J connectivity index is 3.05. The predicted octanol–water partition coefficient (Wildman–Crippen LogP) is 2.64. The summed E-state index contributed by atoms with van der Waals surface area (Å²) in [6.45, 7) is 1.87. The number of halogens is 1. The molecular formula is C8H6ClNO4S3. The average molecular weight is 312 g/mol. The predicted molar refractivity (Wildman–Crippen MR) is 67.8 cm³/mol. The van der Waals surface area contributed by atoms with Crippen LogP contribution in [0, 0.1) is 0 Å². The van der Waals surface area contributed by atoms with Gasteiger partial charge in [-0.3, -0.25) is 4.28 Å². The van der Waals surface area contributed by atoms with Gasteiger partial charge in [0.2, 0.25) is 0 Å². The Kier molecular flexibility index (Phi) is 5.73. The van der Waals surface area contributed by atoms with Gasteiger partial charge in [-0.2, -0.15) is 0 Å². The van der Waals surface area contributed by atoms with Crippen molar-refractivity contribution in [1.29, 1.82) is 0 Å². The van der Waals surface area contributed by atoms with Crippen molar-refractivity contribution in [2.75, 3.05) is 6.61 Å². The number of thiocarbonyl (C=S) groups is 1. The standard InChI is InChI=1S/C8H6ClNO4S3/c1-2-13-8(11)6-7(5(9)3-16-6)17(12)14-10-4-15/h3H,2H2,1H3. The van der Waals surface area contributed by atoms with Gasteiger partial charge in [0.15, 0.2) is 0 Å². The molecule has 1 rings (SSSR count). The maximum atomic E-state index is 11.6. The molecule has 1 aromatic rings. The second kappa shape index (κ2) is 6.83. The lowest BCUT2D eigenvalue weighted by molar-refractivity contribution is 0.0528. The van der Waals surface area contributed by atoms with E-state index in [2.05, 4.69) is 21.7 Å². The molecule has 0 radical (unpaired) electrons. The van der Waals surface area contributed by atoms with E-state index in [1.54, 1.807) is 6.92 Å². The quantitative estimate of drug-likeness (QED) is 0.362. The van der Waals surface area contributed by atoms with Crippen LogP contribution >= 0.6 is 35.2 Å². The van der Waals surface area contributed by atoms with E-state index in [0.29, 0.717) is 0 Å². The third-order valence-electron chi connectivity index (χ3n) is 1.47. The number of carbonyl (C=O) groups is 1. The van der Waals surface area contributed by atoms with Crippen LogP contribution < -0.4 is 0 Å². The van der Waals surface area contributed by atoms with Gasteiger partial charge in [-0.05, 0) is 24.3 Å². The van der Waals surface area contributed by atoms with Gasteiger partial charge in [-0.15, -0.1) is 11.3 Å². The molecule has 0 spiro atoms. The summed E-state index contributed by atoms with van der Waals surface area (Å²) in [4.78, 5) is 11.7. The molecule has 0 aromatic carbocycles. The molecule has 5 nitrogen and oxygen atoms in total. The normalized spacial score (nSPS) is 11.4. The van der Waals surface area contributed by atoms with Crippen LogP contribution in [0.5, 0.6) is 0 Å². The first-order chi connectivity index (χ1) is 8.11. The number of rotatable bonds is 5. The summed E-state index contributed by atoms with van der Waals surface area (Å²) < 4.78 is 20.9. The number of nitrogens with zero attached hydrogens (tertiary/aromatic N) is 1. The van der Waals surface area contributed by atoms with E-state index in [9.17, 15) is 9.00 Å². The molecule has 92 valence electrons. The van der Waals surface area contributed by atoms with Gasteiger partial charge in [0.25, 0.3) is 11.1 Å². The summed E-state index contributed by atoms with van der Waals surface area (Å²) in [5.74, 6) is -0.609. The van der Waals surface area contributed by atoms with Crippen LogP contribution in [-0.2, 0) is 20.1 Å². The number of ether oxygens (including phenoxy) is 1. The van der Waals surface area contributed by atoms with Crippen molar-refractivity contribution in [1.82, 2.24) is 0 Å². The average Bonchev–Trinajstić information content (AvgIpc) is 2.68. The molecule has 0 N–H and O–H groups in total. The largest absolute Gasteiger partial charge is 0.462 e. The smallest absolute Gasteiger partial charge is 0.349 e. The minimum atomic E-state index is -2.02. The summed E-state index contributed by atoms with van der Waals surface area (Å²) in [6.07, 6.45) is 0. The van der Waals surface area contributed by atoms with Crippen LogP contribution in [0.4, 0.5) is 0 Å². The highest BCUT2D eigenvalue weighted by Crippen LogP contribution is 2.31. The Morgan fingerprint density at radius 3 is 3.06 bits per heavy atom. The molecule has 0 bridgehead atoms. The Morgan fingerprint density at radius 1 is 1.76 bits per heavy atom. The van der Waals surface area contributed by atoms with Gasteiger partial charge in [-0.25, -0.2) is 9.00 Å². The molecule has 1 atom stereocenters. The Morgan fingerprint density at radius 2 is 2.47 bits per heavy atom. The summed E-state index contributed by atoms with van der Waals surface area (Å²) in [6, 6.07) is 0. The zero-order valence-corrected chi connectivity index (χ0v) is 11.7. The summed E-state index contributed by atoms with van der Waals surface area (Å²) in [7, 11) is 0. The fourth-order valence-electron chi connectivity index (χ4n) is 0.905. The second-order valence-corrected chi connectivity index (χ2v) is 4.95. The first kappa shape index (κ1) is 14.3. The first-order valence-corrected chi connectivity index (χ1v) is 6.96. The number of thiophene rings is 1. The Labute approximate surface area is 114 Å². The maximum absolute atomic E-state index is 11.6. The second-order valence-electron chi connectivity index (χ2n) is 2.45. The number of hydrogen-bond acceptors (Lipinski definition) is 7. The minimum absolute atomic E-state index is 0.0316. The molecule has 17 heavy (non-hydrogen) atoms. The van der Waals surface area contributed by atoms with E-state index in [1.807, 2.05) is 5.16 Å². The minimum Gasteiger partial charge on any atom is -0.462 e. The SMILES string of the molecule is CCOC(=O)c1scc(Cl)c1S(=O)ON=C=S. The fourth-order valence-corrected chi connectivity index (χ4v) is 3.23. The molecule has 9 heteroatoms. The molecule has 0 aliphatic heterocycles. The third-order valence-corrected chi connectivity index (χ3v) is 4.14. The number of hydrogen-bond donors (Lipinski definition) is 0. The lowest BCUT2D eigenvalue weighted by Gasteiger charge is -2.01. The third kappa shape index (κ3) is 3.58. The van der Waals surface area contributed by atoms with Crippen molar-refractivity contribution < 1.29 is 18.0 Å². The van der Waals surface area contributed by atoms with E-state index < -0.39 is 17.0 Å². The van der Waals surface area contributed by atoms with E-state index >= 15 is 0 Å². The monoisotopic (exact) mass is 311 g/mol. The van der Waals surface area contributed by atoms with Gasteiger partial charge in [0, 0.05) is 5.38 Å². The topological polar surface area (TPSA) is 65.0 Å². The molecule has 1 aromatic heterocycles. The van der Waals surface area contributed by atoms with Crippen molar-refractivity contribution in [2.24, 2.45) is 5.16 Å². The molecule has 0 aliphatic carbocycles. The number of isothiocyanates is 1. The highest BCUT2D eigenvalue weighted by atomic mass is 35.5. The molecule has 0 saturated heterocycles. The van der Waals surface area contributed by atoms with Crippen LogP contribution in [0.25, 0.3) is 0 Å². The van der Waals surface area contributed by atoms with Crippen LogP contribution in [0.1, 0.15) is 16.6 Å². The molecule has 1 heterocycles. The molecule has 0 amide bonds. The van der Waals surface area contributed by atoms with Crippen LogP contribution in [0.2, 0.25) is 5.02 Å². The molecule has 0 aliphatic rings. The van der Waals surface area contributed by atoms with Crippen LogP contribution in [-0.4, -0.2) is 21.9 Å². The Hall–Kier alpha value is -0.790. The van der Waals surface area contributed by atoms with E-state index in [1.165, 1.54) is 5.38 Å². The van der Waals surface area contributed by atoms with Gasteiger partial charge in [0.1, 0.15) is 14.9 Å². The highest BCUT2D eigenvalue weighted by Gasteiger charge is 2.24. The number of carbonyl (C=O) groups excluding carboxylic acids is 1. The highest BCUT2D eigenvalue weighted by molar-refractivity contribution is 7.80. The van der Waals surface area contributed by atoms with E-state index in [0.717, 1.165) is 11.3 Å². The molecule has 1 unspecified atom stereocenters. The molecule has 0 saturated carbocycles. The maximum Gasteiger partial charge on any atom is 0.349 e. The van der Waals surface area contributed by atoms with Crippen molar-refractivity contribution in [3.8, 4) is 0 Å². The van der Waals surface area contributed by atoms with Gasteiger partial charge in [-0.1, -0.05) is 11.6 Å². The van der Waals surface area contributed by atoms with Gasteiger partial charge < -0.3 is 4.74 Å². The van der Waals surface area contributed by atoms with Crippen LogP contribution in [0.15, 0.2) is 15.4 Å². The molecular weight excluding hydrogens is 306 g/mol. The van der Waals surface area contributed by atoms with Crippen molar-refractivity contribution in [3.63, 3.8) is 0 Å². The zero-order chi connectivity index (χ0) is 12.8. The summed E-state index contributed by atoms with van der Waals surface area (Å²) in [5.41, 5.74) is 0. The van der Waals surface area contributed by atoms with E-state index in [4.69, 9.17) is 16.3 Å². The first-order valence-electron chi connectivity index (χ1n) is 4.22. The molecule has 0 fully saturated rings. The van der Waals surface area contributed by atoms with Crippen molar-refractivity contribution in [2.45, 2.75) is 11.8 Å². The van der Waals surface area contributed by atoms with Crippen molar-refractivity contribution >= 4 is 57.4 Å².